The smallest absolute Gasteiger partial charge is 0.192 e. The fourth-order valence-electron chi connectivity index (χ4n) is 3.68. The standard InChI is InChI=1S/C24H27N7S/c1-24(2,3)19-11-9-18(10-12-19)22-26-27-23(30(22)15-17-7-5-4-6-8-17)32-16-21-25-28-29-31(21)20-13-14-20/h4-12,20H,13-16H2,1-3H3. The van der Waals surface area contributed by atoms with Crippen molar-refractivity contribution in [2.75, 3.05) is 0 Å². The molecule has 1 fully saturated rings. The third-order valence-electron chi connectivity index (χ3n) is 5.69. The van der Waals surface area contributed by atoms with Gasteiger partial charge in [-0.3, -0.25) is 4.57 Å². The Kier molecular flexibility index (Phi) is 5.55. The Morgan fingerprint density at radius 1 is 0.938 bits per heavy atom. The normalized spacial score (nSPS) is 14.1. The molecule has 0 unspecified atom stereocenters. The van der Waals surface area contributed by atoms with Gasteiger partial charge in [0, 0.05) is 5.56 Å². The number of nitrogens with zero attached hydrogens (tertiary/aromatic N) is 7. The minimum absolute atomic E-state index is 0.114. The molecule has 0 spiro atoms. The number of aromatic nitrogens is 7. The van der Waals surface area contributed by atoms with Crippen LogP contribution < -0.4 is 0 Å². The molecule has 164 valence electrons. The second-order valence-corrected chi connectivity index (χ2v) is 10.2. The summed E-state index contributed by atoms with van der Waals surface area (Å²) in [5, 5.41) is 22.3. The molecule has 1 saturated carbocycles. The van der Waals surface area contributed by atoms with Gasteiger partial charge in [0.2, 0.25) is 0 Å². The number of benzene rings is 2. The molecule has 0 amide bonds. The lowest BCUT2D eigenvalue weighted by molar-refractivity contribution is 0.590. The molecule has 5 rings (SSSR count). The van der Waals surface area contributed by atoms with Gasteiger partial charge in [-0.15, -0.1) is 15.3 Å². The molecule has 32 heavy (non-hydrogen) atoms. The van der Waals surface area contributed by atoms with Crippen molar-refractivity contribution in [3.8, 4) is 11.4 Å². The van der Waals surface area contributed by atoms with E-state index in [0.29, 0.717) is 18.3 Å². The summed E-state index contributed by atoms with van der Waals surface area (Å²) >= 11 is 1.63. The van der Waals surface area contributed by atoms with E-state index < -0.39 is 0 Å². The van der Waals surface area contributed by atoms with Crippen LogP contribution in [0.4, 0.5) is 0 Å². The number of rotatable bonds is 7. The van der Waals surface area contributed by atoms with Gasteiger partial charge in [0.15, 0.2) is 16.8 Å². The van der Waals surface area contributed by atoms with Crippen LogP contribution in [0.15, 0.2) is 59.8 Å². The molecule has 1 aliphatic carbocycles. The van der Waals surface area contributed by atoms with E-state index in [2.05, 4.69) is 99.6 Å². The zero-order valence-corrected chi connectivity index (χ0v) is 19.5. The predicted octanol–water partition coefficient (Wildman–Crippen LogP) is 4.90. The van der Waals surface area contributed by atoms with E-state index in [0.717, 1.165) is 35.2 Å². The van der Waals surface area contributed by atoms with Crippen LogP contribution in [0, 0.1) is 0 Å². The summed E-state index contributed by atoms with van der Waals surface area (Å²) in [6, 6.07) is 19.6. The molecule has 0 aliphatic heterocycles. The van der Waals surface area contributed by atoms with Crippen LogP contribution in [0.1, 0.15) is 56.6 Å². The molecule has 0 radical (unpaired) electrons. The molecule has 0 N–H and O–H groups in total. The molecule has 4 aromatic rings. The minimum atomic E-state index is 0.114. The first kappa shape index (κ1) is 20.9. The monoisotopic (exact) mass is 445 g/mol. The van der Waals surface area contributed by atoms with Crippen LogP contribution in [0.2, 0.25) is 0 Å². The zero-order chi connectivity index (χ0) is 22.1. The van der Waals surface area contributed by atoms with Gasteiger partial charge >= 0.3 is 0 Å². The molecule has 7 nitrogen and oxygen atoms in total. The number of hydrogen-bond acceptors (Lipinski definition) is 6. The summed E-state index contributed by atoms with van der Waals surface area (Å²) in [5.41, 5.74) is 3.69. The maximum atomic E-state index is 4.58. The highest BCUT2D eigenvalue weighted by Gasteiger charge is 2.28. The van der Waals surface area contributed by atoms with E-state index in [1.54, 1.807) is 11.8 Å². The average molecular weight is 446 g/mol. The predicted molar refractivity (Wildman–Crippen MR) is 125 cm³/mol. The summed E-state index contributed by atoms with van der Waals surface area (Å²) < 4.78 is 4.15. The van der Waals surface area contributed by atoms with Crippen LogP contribution in [-0.2, 0) is 17.7 Å². The van der Waals surface area contributed by atoms with Crippen LogP contribution >= 0.6 is 11.8 Å². The summed E-state index contributed by atoms with van der Waals surface area (Å²) in [6.07, 6.45) is 2.31. The molecule has 0 saturated heterocycles. The van der Waals surface area contributed by atoms with Crippen molar-refractivity contribution < 1.29 is 0 Å². The Labute approximate surface area is 192 Å². The van der Waals surface area contributed by atoms with E-state index >= 15 is 0 Å². The number of tetrazole rings is 1. The van der Waals surface area contributed by atoms with E-state index in [4.69, 9.17) is 0 Å². The largest absolute Gasteiger partial charge is 0.298 e. The van der Waals surface area contributed by atoms with Crippen LogP contribution in [0.25, 0.3) is 11.4 Å². The van der Waals surface area contributed by atoms with Crippen molar-refractivity contribution in [1.29, 1.82) is 0 Å². The SMILES string of the molecule is CC(C)(C)c1ccc(-c2nnc(SCc3nnnn3C3CC3)n2Cc2ccccc2)cc1. The maximum absolute atomic E-state index is 4.58. The van der Waals surface area contributed by atoms with Gasteiger partial charge in [-0.25, -0.2) is 4.68 Å². The Morgan fingerprint density at radius 2 is 1.69 bits per heavy atom. The minimum Gasteiger partial charge on any atom is -0.298 e. The Hall–Kier alpha value is -3.00. The first-order valence-corrected chi connectivity index (χ1v) is 12.0. The molecule has 0 bridgehead atoms. The molecule has 2 aromatic heterocycles. The highest BCUT2D eigenvalue weighted by Crippen LogP contribution is 2.36. The van der Waals surface area contributed by atoms with Gasteiger partial charge in [0.25, 0.3) is 0 Å². The lowest BCUT2D eigenvalue weighted by Crippen LogP contribution is -2.10. The van der Waals surface area contributed by atoms with Gasteiger partial charge in [0.1, 0.15) is 0 Å². The third kappa shape index (κ3) is 4.46. The first-order valence-electron chi connectivity index (χ1n) is 11.0. The first-order chi connectivity index (χ1) is 15.5. The van der Waals surface area contributed by atoms with Crippen LogP contribution in [0.5, 0.6) is 0 Å². The third-order valence-corrected chi connectivity index (χ3v) is 6.66. The summed E-state index contributed by atoms with van der Waals surface area (Å²) in [5.74, 6) is 2.43. The highest BCUT2D eigenvalue weighted by molar-refractivity contribution is 7.98. The van der Waals surface area contributed by atoms with E-state index in [-0.39, 0.29) is 5.41 Å². The van der Waals surface area contributed by atoms with E-state index in [1.165, 1.54) is 11.1 Å². The van der Waals surface area contributed by atoms with Crippen molar-refractivity contribution in [3.05, 3.63) is 71.5 Å². The summed E-state index contributed by atoms with van der Waals surface area (Å²) in [6.45, 7) is 7.39. The summed E-state index contributed by atoms with van der Waals surface area (Å²) in [7, 11) is 0. The second kappa shape index (κ2) is 8.50. The zero-order valence-electron chi connectivity index (χ0n) is 18.6. The molecule has 2 heterocycles. The Bertz CT molecular complexity index is 1190. The molecule has 1 aliphatic rings. The lowest BCUT2D eigenvalue weighted by atomic mass is 9.87. The highest BCUT2D eigenvalue weighted by atomic mass is 32.2. The molecular weight excluding hydrogens is 418 g/mol. The van der Waals surface area contributed by atoms with Crippen molar-refractivity contribution in [1.82, 2.24) is 35.0 Å². The van der Waals surface area contributed by atoms with Crippen molar-refractivity contribution in [2.24, 2.45) is 0 Å². The van der Waals surface area contributed by atoms with Crippen molar-refractivity contribution in [3.63, 3.8) is 0 Å². The van der Waals surface area contributed by atoms with Gasteiger partial charge < -0.3 is 0 Å². The fraction of sp³-hybridized carbons (Fsp3) is 0.375. The fourth-order valence-corrected chi connectivity index (χ4v) is 4.53. The van der Waals surface area contributed by atoms with Crippen molar-refractivity contribution >= 4 is 11.8 Å². The van der Waals surface area contributed by atoms with Crippen molar-refractivity contribution in [2.45, 2.75) is 62.5 Å². The van der Waals surface area contributed by atoms with Gasteiger partial charge in [0.05, 0.1) is 18.3 Å². The van der Waals surface area contributed by atoms with E-state index in [1.807, 2.05) is 10.7 Å². The van der Waals surface area contributed by atoms with Crippen LogP contribution in [0.3, 0.4) is 0 Å². The molecule has 2 aromatic carbocycles. The quantitative estimate of drug-likeness (QED) is 0.377. The van der Waals surface area contributed by atoms with Crippen LogP contribution in [-0.4, -0.2) is 35.0 Å². The maximum Gasteiger partial charge on any atom is 0.192 e. The topological polar surface area (TPSA) is 74.3 Å². The van der Waals surface area contributed by atoms with E-state index in [9.17, 15) is 0 Å². The number of hydrogen-bond donors (Lipinski definition) is 0. The van der Waals surface area contributed by atoms with Gasteiger partial charge in [-0.2, -0.15) is 0 Å². The van der Waals surface area contributed by atoms with Gasteiger partial charge in [-0.05, 0) is 39.8 Å². The summed E-state index contributed by atoms with van der Waals surface area (Å²) in [4.78, 5) is 0. The lowest BCUT2D eigenvalue weighted by Gasteiger charge is -2.19. The van der Waals surface area contributed by atoms with Gasteiger partial charge in [-0.1, -0.05) is 87.1 Å². The number of thioether (sulfide) groups is 1. The second-order valence-electron chi connectivity index (χ2n) is 9.26. The molecule has 8 heteroatoms. The molecule has 0 atom stereocenters. The average Bonchev–Trinajstić information content (AvgIpc) is 3.39. The Balaban J connectivity index is 1.45. The Morgan fingerprint density at radius 3 is 2.38 bits per heavy atom. The molecular formula is C24H27N7S.